The van der Waals surface area contributed by atoms with Gasteiger partial charge in [0, 0.05) is 55.7 Å². The van der Waals surface area contributed by atoms with Crippen molar-refractivity contribution in [1.82, 2.24) is 14.9 Å². The van der Waals surface area contributed by atoms with E-state index in [9.17, 15) is 4.79 Å². The highest BCUT2D eigenvalue weighted by atomic mass is 16.1. The zero-order valence-corrected chi connectivity index (χ0v) is 18.6. The maximum absolute atomic E-state index is 12.2. The molecule has 0 aliphatic carbocycles. The van der Waals surface area contributed by atoms with E-state index in [1.54, 1.807) is 36.8 Å². The molecule has 6 heteroatoms. The van der Waals surface area contributed by atoms with E-state index in [-0.39, 0.29) is 5.78 Å². The number of allylic oxidation sites excluding steroid dienone is 1. The lowest BCUT2D eigenvalue weighted by atomic mass is 10.1. The Balaban J connectivity index is 1.47. The molecule has 0 aliphatic rings. The quantitative estimate of drug-likeness (QED) is 0.266. The molecule has 2 aromatic carbocycles. The average Bonchev–Trinajstić information content (AvgIpc) is 2.84. The molecule has 2 aromatic heterocycles. The first-order valence-electron chi connectivity index (χ1n) is 10.6. The van der Waals surface area contributed by atoms with Crippen LogP contribution < -0.4 is 10.6 Å². The second-order valence-corrected chi connectivity index (χ2v) is 7.70. The van der Waals surface area contributed by atoms with Gasteiger partial charge in [-0.2, -0.15) is 0 Å². The molecule has 2 N–H and O–H groups in total. The molecule has 0 atom stereocenters. The van der Waals surface area contributed by atoms with E-state index >= 15 is 0 Å². The second-order valence-electron chi connectivity index (χ2n) is 7.70. The molecule has 0 bridgehead atoms. The van der Waals surface area contributed by atoms with Gasteiger partial charge in [-0.05, 0) is 71.8 Å². The third-order valence-electron chi connectivity index (χ3n) is 4.87. The number of anilines is 4. The molecular formula is C27H25N5O. The Morgan fingerprint density at radius 2 is 1.30 bits per heavy atom. The number of nitrogens with zero attached hydrogens (tertiary/aromatic N) is 3. The average molecular weight is 436 g/mol. The minimum Gasteiger partial charge on any atom is -0.383 e. The fourth-order valence-corrected chi connectivity index (χ4v) is 3.20. The Morgan fingerprint density at radius 1 is 0.758 bits per heavy atom. The number of pyridine rings is 2. The van der Waals surface area contributed by atoms with Crippen molar-refractivity contribution in [2.24, 2.45) is 0 Å². The lowest BCUT2D eigenvalue weighted by molar-refractivity contribution is 0.104. The van der Waals surface area contributed by atoms with Gasteiger partial charge in [0.2, 0.25) is 0 Å². The molecule has 0 fully saturated rings. The van der Waals surface area contributed by atoms with Gasteiger partial charge in [-0.3, -0.25) is 4.79 Å². The number of benzene rings is 2. The predicted octanol–water partition coefficient (Wildman–Crippen LogP) is 5.89. The van der Waals surface area contributed by atoms with Crippen LogP contribution in [-0.4, -0.2) is 34.7 Å². The first-order valence-corrected chi connectivity index (χ1v) is 10.6. The topological polar surface area (TPSA) is 70.2 Å². The molecule has 6 nitrogen and oxygen atoms in total. The molecular weight excluding hydrogens is 410 g/mol. The molecule has 0 saturated carbocycles. The number of rotatable bonds is 8. The summed E-state index contributed by atoms with van der Waals surface area (Å²) in [4.78, 5) is 22.9. The minimum absolute atomic E-state index is 0.0343. The van der Waals surface area contributed by atoms with Crippen molar-refractivity contribution < 1.29 is 4.79 Å². The van der Waals surface area contributed by atoms with Gasteiger partial charge in [0.1, 0.15) is 11.6 Å². The summed E-state index contributed by atoms with van der Waals surface area (Å²) in [6.45, 7) is 0. The summed E-state index contributed by atoms with van der Waals surface area (Å²) < 4.78 is 0. The first-order chi connectivity index (χ1) is 16.1. The highest BCUT2D eigenvalue weighted by Crippen LogP contribution is 2.25. The molecule has 0 radical (unpaired) electrons. The van der Waals surface area contributed by atoms with Crippen molar-refractivity contribution in [3.8, 4) is 11.1 Å². The monoisotopic (exact) mass is 435 g/mol. The Hall–Kier alpha value is -4.45. The van der Waals surface area contributed by atoms with Crippen molar-refractivity contribution in [1.29, 1.82) is 0 Å². The molecule has 164 valence electrons. The summed E-state index contributed by atoms with van der Waals surface area (Å²) in [7, 11) is 3.76. The number of nitrogens with one attached hydrogen (secondary N) is 2. The fourth-order valence-electron chi connectivity index (χ4n) is 3.20. The SMILES string of the molecule is CN(C)/C=C/C(=O)c1ccc(Nc2cc(-c3ccnc(Nc4ccccc4)c3)ccn2)cc1. The highest BCUT2D eigenvalue weighted by molar-refractivity contribution is 6.04. The van der Waals surface area contributed by atoms with Crippen molar-refractivity contribution in [2.45, 2.75) is 0 Å². The Bertz CT molecular complexity index is 1250. The third-order valence-corrected chi connectivity index (χ3v) is 4.87. The smallest absolute Gasteiger partial charge is 0.187 e. The Kier molecular flexibility index (Phi) is 6.75. The number of hydrogen-bond acceptors (Lipinski definition) is 6. The van der Waals surface area contributed by atoms with Crippen molar-refractivity contribution in [3.63, 3.8) is 0 Å². The van der Waals surface area contributed by atoms with Crippen LogP contribution in [0.15, 0.2) is 104 Å². The summed E-state index contributed by atoms with van der Waals surface area (Å²) in [5.41, 5.74) is 4.53. The zero-order valence-electron chi connectivity index (χ0n) is 18.6. The van der Waals surface area contributed by atoms with E-state index in [1.165, 1.54) is 0 Å². The van der Waals surface area contributed by atoms with Crippen LogP contribution >= 0.6 is 0 Å². The van der Waals surface area contributed by atoms with Gasteiger partial charge < -0.3 is 15.5 Å². The van der Waals surface area contributed by atoms with Gasteiger partial charge in [0.15, 0.2) is 5.78 Å². The van der Waals surface area contributed by atoms with Gasteiger partial charge in [-0.1, -0.05) is 18.2 Å². The van der Waals surface area contributed by atoms with E-state index in [2.05, 4.69) is 20.6 Å². The molecule has 4 aromatic rings. The molecule has 2 heterocycles. The summed E-state index contributed by atoms with van der Waals surface area (Å²) in [6.07, 6.45) is 6.86. The van der Waals surface area contributed by atoms with E-state index in [1.807, 2.05) is 85.7 Å². The number of para-hydroxylation sites is 1. The number of ketones is 1. The van der Waals surface area contributed by atoms with E-state index < -0.39 is 0 Å². The van der Waals surface area contributed by atoms with Gasteiger partial charge in [0.05, 0.1) is 0 Å². The van der Waals surface area contributed by atoms with Crippen LogP contribution in [0.1, 0.15) is 10.4 Å². The van der Waals surface area contributed by atoms with Crippen molar-refractivity contribution in [3.05, 3.63) is 109 Å². The molecule has 0 aliphatic heterocycles. The van der Waals surface area contributed by atoms with Crippen molar-refractivity contribution >= 4 is 28.8 Å². The van der Waals surface area contributed by atoms with Gasteiger partial charge in [-0.15, -0.1) is 0 Å². The van der Waals surface area contributed by atoms with Crippen LogP contribution in [-0.2, 0) is 0 Å². The van der Waals surface area contributed by atoms with E-state index in [0.717, 1.165) is 28.3 Å². The molecule has 4 rings (SSSR count). The summed E-state index contributed by atoms with van der Waals surface area (Å²) in [5, 5.41) is 6.63. The largest absolute Gasteiger partial charge is 0.383 e. The maximum Gasteiger partial charge on any atom is 0.187 e. The normalized spacial score (nSPS) is 10.7. The number of aromatic nitrogens is 2. The minimum atomic E-state index is -0.0343. The maximum atomic E-state index is 12.2. The standard InChI is InChI=1S/C27H25N5O/c1-32(2)17-14-25(33)20-8-10-24(11-9-20)31-27-19-22(13-16-29-27)21-12-15-28-26(18-21)30-23-6-4-3-5-7-23/h3-19H,1-2H3,(H,28,30)(H,29,31)/b17-14+. The van der Waals surface area contributed by atoms with Crippen LogP contribution in [0.3, 0.4) is 0 Å². The Morgan fingerprint density at radius 3 is 1.85 bits per heavy atom. The van der Waals surface area contributed by atoms with E-state index in [0.29, 0.717) is 11.4 Å². The molecule has 0 spiro atoms. The van der Waals surface area contributed by atoms with Crippen LogP contribution in [0.5, 0.6) is 0 Å². The first kappa shape index (κ1) is 21.8. The lowest BCUT2D eigenvalue weighted by Gasteiger charge is -2.10. The number of carbonyl (C=O) groups excluding carboxylic acids is 1. The van der Waals surface area contributed by atoms with Gasteiger partial charge >= 0.3 is 0 Å². The fraction of sp³-hybridized carbons (Fsp3) is 0.0741. The van der Waals surface area contributed by atoms with Gasteiger partial charge in [0.25, 0.3) is 0 Å². The van der Waals surface area contributed by atoms with Crippen LogP contribution in [0.4, 0.5) is 23.0 Å². The zero-order chi connectivity index (χ0) is 23.0. The summed E-state index contributed by atoms with van der Waals surface area (Å²) in [5.74, 6) is 1.45. The lowest BCUT2D eigenvalue weighted by Crippen LogP contribution is -2.03. The molecule has 0 saturated heterocycles. The molecule has 0 amide bonds. The number of carbonyl (C=O) groups is 1. The van der Waals surface area contributed by atoms with Gasteiger partial charge in [-0.25, -0.2) is 9.97 Å². The number of hydrogen-bond donors (Lipinski definition) is 2. The van der Waals surface area contributed by atoms with Crippen LogP contribution in [0.25, 0.3) is 11.1 Å². The Labute approximate surface area is 193 Å². The third kappa shape index (κ3) is 6.04. The second kappa shape index (κ2) is 10.2. The summed E-state index contributed by atoms with van der Waals surface area (Å²) >= 11 is 0. The predicted molar refractivity (Wildman–Crippen MR) is 134 cm³/mol. The van der Waals surface area contributed by atoms with Crippen LogP contribution in [0, 0.1) is 0 Å². The summed E-state index contributed by atoms with van der Waals surface area (Å²) in [6, 6.07) is 25.2. The molecule has 0 unspecified atom stereocenters. The van der Waals surface area contributed by atoms with Crippen molar-refractivity contribution in [2.75, 3.05) is 24.7 Å². The van der Waals surface area contributed by atoms with Crippen LogP contribution in [0.2, 0.25) is 0 Å². The highest BCUT2D eigenvalue weighted by Gasteiger charge is 2.05. The van der Waals surface area contributed by atoms with E-state index in [4.69, 9.17) is 0 Å². The molecule has 33 heavy (non-hydrogen) atoms.